The molecule has 0 bridgehead atoms. The van der Waals surface area contributed by atoms with Gasteiger partial charge < -0.3 is 5.11 Å². The highest BCUT2D eigenvalue weighted by Crippen LogP contribution is 2.47. The van der Waals surface area contributed by atoms with Crippen LogP contribution in [-0.4, -0.2) is 5.11 Å². The van der Waals surface area contributed by atoms with Crippen LogP contribution in [0.5, 0.6) is 5.75 Å². The summed E-state index contributed by atoms with van der Waals surface area (Å²) in [6, 6.07) is 1.62. The van der Waals surface area contributed by atoms with Crippen molar-refractivity contribution in [1.82, 2.24) is 0 Å². The van der Waals surface area contributed by atoms with Gasteiger partial charge in [-0.2, -0.15) is 9.65 Å². The number of nitriles is 1. The normalized spacial score (nSPS) is 28.7. The van der Waals surface area contributed by atoms with Crippen LogP contribution in [0.2, 0.25) is 0 Å². The first kappa shape index (κ1) is 20.0. The number of hydrogen-bond donors (Lipinski definition) is 1. The van der Waals surface area contributed by atoms with Crippen LogP contribution < -0.4 is 0 Å². The molecule has 1 aromatic rings. The van der Waals surface area contributed by atoms with Crippen molar-refractivity contribution in [2.75, 3.05) is 0 Å². The average molecular weight is 379 g/mol. The van der Waals surface area contributed by atoms with Gasteiger partial charge in [0, 0.05) is 5.56 Å². The van der Waals surface area contributed by atoms with Gasteiger partial charge in [-0.25, -0.2) is 8.78 Å². The zero-order valence-electron chi connectivity index (χ0n) is 15.9. The molecule has 3 rings (SSSR count). The molecule has 2 aliphatic carbocycles. The van der Waals surface area contributed by atoms with E-state index in [4.69, 9.17) is 0 Å². The number of hydrogen-bond acceptors (Lipinski definition) is 2. The number of nitrogens with zero attached hydrogens (tertiary/aromatic N) is 1. The predicted molar refractivity (Wildman–Crippen MR) is 97.8 cm³/mol. The van der Waals surface area contributed by atoms with E-state index in [0.717, 1.165) is 18.8 Å². The molecule has 0 saturated heterocycles. The topological polar surface area (TPSA) is 44.0 Å². The molecular formula is C22H28F3NO. The Morgan fingerprint density at radius 1 is 0.889 bits per heavy atom. The highest BCUT2D eigenvalue weighted by atomic mass is 19.2. The summed E-state index contributed by atoms with van der Waals surface area (Å²) in [6.07, 6.45) is 10.9. The number of phenolic OH excluding ortho intramolecular Hbond substituents is 1. The van der Waals surface area contributed by atoms with Crippen LogP contribution in [0.1, 0.15) is 88.2 Å². The summed E-state index contributed by atoms with van der Waals surface area (Å²) >= 11 is 0. The first-order valence-electron chi connectivity index (χ1n) is 10.3. The summed E-state index contributed by atoms with van der Waals surface area (Å²) in [7, 11) is 0. The van der Waals surface area contributed by atoms with E-state index in [1.807, 2.05) is 0 Å². The number of halogens is 3. The lowest BCUT2D eigenvalue weighted by atomic mass is 9.67. The number of aromatic hydroxyl groups is 1. The largest absolute Gasteiger partial charge is 0.505 e. The van der Waals surface area contributed by atoms with E-state index in [0.29, 0.717) is 24.7 Å². The van der Waals surface area contributed by atoms with Crippen molar-refractivity contribution >= 4 is 0 Å². The van der Waals surface area contributed by atoms with Crippen molar-refractivity contribution in [2.24, 2.45) is 17.8 Å². The van der Waals surface area contributed by atoms with E-state index in [1.54, 1.807) is 6.07 Å². The van der Waals surface area contributed by atoms with Crippen molar-refractivity contribution in [3.63, 3.8) is 0 Å². The Hall–Kier alpha value is -1.70. The second kappa shape index (κ2) is 8.54. The quantitative estimate of drug-likeness (QED) is 0.602. The van der Waals surface area contributed by atoms with Gasteiger partial charge in [-0.3, -0.25) is 0 Å². The summed E-state index contributed by atoms with van der Waals surface area (Å²) in [5.41, 5.74) is -0.589. The lowest BCUT2D eigenvalue weighted by Gasteiger charge is -2.38. The smallest absolute Gasteiger partial charge is 0.203 e. The maximum absolute atomic E-state index is 14.0. The molecule has 2 fully saturated rings. The van der Waals surface area contributed by atoms with Gasteiger partial charge >= 0.3 is 0 Å². The van der Waals surface area contributed by atoms with E-state index in [1.165, 1.54) is 38.5 Å². The average Bonchev–Trinajstić information content (AvgIpc) is 2.70. The van der Waals surface area contributed by atoms with Crippen molar-refractivity contribution < 1.29 is 18.3 Å². The molecule has 0 radical (unpaired) electrons. The molecule has 1 aromatic carbocycles. The summed E-state index contributed by atoms with van der Waals surface area (Å²) in [6.45, 7) is 2.24. The van der Waals surface area contributed by atoms with Gasteiger partial charge in [0.1, 0.15) is 6.07 Å². The first-order valence-corrected chi connectivity index (χ1v) is 10.3. The molecule has 0 unspecified atom stereocenters. The SMILES string of the molecule is CCCC1CCC(C2CCC(c3c(O)c(F)c(F)c(F)c3C#N)CC2)CC1. The van der Waals surface area contributed by atoms with Crippen LogP contribution in [0.4, 0.5) is 13.2 Å². The Kier molecular flexibility index (Phi) is 6.34. The Bertz CT molecular complexity index is 711. The molecule has 2 aliphatic rings. The van der Waals surface area contributed by atoms with E-state index in [9.17, 15) is 23.5 Å². The molecule has 0 aliphatic heterocycles. The lowest BCUT2D eigenvalue weighted by molar-refractivity contribution is 0.155. The minimum Gasteiger partial charge on any atom is -0.505 e. The minimum absolute atomic E-state index is 0.0426. The Balaban J connectivity index is 1.68. The Labute approximate surface area is 159 Å². The zero-order chi connectivity index (χ0) is 19.6. The van der Waals surface area contributed by atoms with Crippen molar-refractivity contribution in [3.8, 4) is 11.8 Å². The van der Waals surface area contributed by atoms with Gasteiger partial charge in [0.05, 0.1) is 5.56 Å². The van der Waals surface area contributed by atoms with Gasteiger partial charge in [-0.05, 0) is 62.2 Å². The fraction of sp³-hybridized carbons (Fsp3) is 0.682. The molecule has 2 nitrogen and oxygen atoms in total. The highest BCUT2D eigenvalue weighted by Gasteiger charge is 2.35. The van der Waals surface area contributed by atoms with E-state index in [-0.39, 0.29) is 11.5 Å². The molecule has 0 heterocycles. The van der Waals surface area contributed by atoms with Crippen LogP contribution in [0.15, 0.2) is 0 Å². The van der Waals surface area contributed by atoms with Crippen molar-refractivity contribution in [2.45, 2.75) is 77.0 Å². The monoisotopic (exact) mass is 379 g/mol. The van der Waals surface area contributed by atoms with Crippen LogP contribution in [0, 0.1) is 46.5 Å². The molecule has 148 valence electrons. The van der Waals surface area contributed by atoms with Crippen LogP contribution in [0.3, 0.4) is 0 Å². The number of phenols is 1. The summed E-state index contributed by atoms with van der Waals surface area (Å²) in [5, 5.41) is 19.2. The molecule has 27 heavy (non-hydrogen) atoms. The lowest BCUT2D eigenvalue weighted by Crippen LogP contribution is -2.25. The molecule has 0 aromatic heterocycles. The van der Waals surface area contributed by atoms with Gasteiger partial charge in [0.2, 0.25) is 5.82 Å². The van der Waals surface area contributed by atoms with Gasteiger partial charge in [-0.1, -0.05) is 32.6 Å². The molecule has 1 N–H and O–H groups in total. The van der Waals surface area contributed by atoms with Crippen molar-refractivity contribution in [1.29, 1.82) is 5.26 Å². The van der Waals surface area contributed by atoms with Crippen LogP contribution in [-0.2, 0) is 0 Å². The molecule has 0 atom stereocenters. The van der Waals surface area contributed by atoms with Crippen molar-refractivity contribution in [3.05, 3.63) is 28.6 Å². The zero-order valence-corrected chi connectivity index (χ0v) is 15.9. The molecular weight excluding hydrogens is 351 g/mol. The third-order valence-corrected chi connectivity index (χ3v) is 6.88. The van der Waals surface area contributed by atoms with Crippen LogP contribution >= 0.6 is 0 Å². The molecule has 2 saturated carbocycles. The fourth-order valence-corrected chi connectivity index (χ4v) is 5.41. The molecule has 0 amide bonds. The number of rotatable bonds is 4. The fourth-order valence-electron chi connectivity index (χ4n) is 5.41. The number of benzene rings is 1. The minimum atomic E-state index is -1.77. The van der Waals surface area contributed by atoms with E-state index in [2.05, 4.69) is 6.92 Å². The standard InChI is InChI=1S/C22H28F3NO/c1-2-3-13-4-6-14(7-5-13)15-8-10-16(11-9-15)18-17(12-26)19(23)20(24)21(25)22(18)27/h13-16,27H,2-11H2,1H3. The summed E-state index contributed by atoms with van der Waals surface area (Å²) < 4.78 is 41.3. The summed E-state index contributed by atoms with van der Waals surface area (Å²) in [4.78, 5) is 0. The molecule has 5 heteroatoms. The highest BCUT2D eigenvalue weighted by molar-refractivity contribution is 5.50. The third-order valence-electron chi connectivity index (χ3n) is 6.88. The third kappa shape index (κ3) is 3.95. The van der Waals surface area contributed by atoms with Gasteiger partial charge in [0.15, 0.2) is 17.4 Å². The molecule has 0 spiro atoms. The van der Waals surface area contributed by atoms with Gasteiger partial charge in [0.25, 0.3) is 0 Å². The van der Waals surface area contributed by atoms with E-state index < -0.39 is 28.8 Å². The maximum atomic E-state index is 14.0. The Morgan fingerprint density at radius 3 is 1.96 bits per heavy atom. The van der Waals surface area contributed by atoms with Gasteiger partial charge in [-0.15, -0.1) is 0 Å². The van der Waals surface area contributed by atoms with E-state index >= 15 is 0 Å². The predicted octanol–water partition coefficient (Wildman–Crippen LogP) is 6.56. The second-order valence-corrected chi connectivity index (χ2v) is 8.37. The maximum Gasteiger partial charge on any atom is 0.203 e. The first-order chi connectivity index (χ1) is 13.0. The Morgan fingerprint density at radius 2 is 1.44 bits per heavy atom. The summed E-state index contributed by atoms with van der Waals surface area (Å²) in [5.74, 6) is -3.85. The van der Waals surface area contributed by atoms with Crippen LogP contribution in [0.25, 0.3) is 0 Å². The second-order valence-electron chi connectivity index (χ2n) is 8.37.